The van der Waals surface area contributed by atoms with Gasteiger partial charge in [-0.3, -0.25) is 4.79 Å². The van der Waals surface area contributed by atoms with Gasteiger partial charge in [-0.1, -0.05) is 13.3 Å². The molecule has 1 amide bonds. The summed E-state index contributed by atoms with van der Waals surface area (Å²) in [5.74, 6) is 1.28. The number of hydrogen-bond donors (Lipinski definition) is 1. The van der Waals surface area contributed by atoms with Gasteiger partial charge in [0.2, 0.25) is 5.91 Å². The highest BCUT2D eigenvalue weighted by Crippen LogP contribution is 2.28. The van der Waals surface area contributed by atoms with Gasteiger partial charge in [0.15, 0.2) is 0 Å². The first kappa shape index (κ1) is 18.7. The normalized spacial score (nSPS) is 26.5. The van der Waals surface area contributed by atoms with Crippen LogP contribution < -0.4 is 5.32 Å². The van der Waals surface area contributed by atoms with Gasteiger partial charge in [-0.25, -0.2) is 0 Å². The minimum atomic E-state index is 0. The van der Waals surface area contributed by atoms with Crippen molar-refractivity contribution in [3.05, 3.63) is 0 Å². The molecule has 0 radical (unpaired) electrons. The summed E-state index contributed by atoms with van der Waals surface area (Å²) in [6.45, 7) is 6.88. The van der Waals surface area contributed by atoms with Crippen molar-refractivity contribution in [2.24, 2.45) is 5.92 Å². The third kappa shape index (κ3) is 5.76. The molecule has 1 heterocycles. The van der Waals surface area contributed by atoms with Crippen LogP contribution in [0.15, 0.2) is 0 Å². The second-order valence-electron chi connectivity index (χ2n) is 6.44. The van der Waals surface area contributed by atoms with Crippen LogP contribution in [0.1, 0.15) is 45.4 Å². The number of halogens is 1. The number of carbonyl (C=O) groups is 1. The Morgan fingerprint density at radius 3 is 2.38 bits per heavy atom. The van der Waals surface area contributed by atoms with Crippen molar-refractivity contribution in [3.8, 4) is 0 Å². The average molecular weight is 318 g/mol. The monoisotopic (exact) mass is 317 g/mol. The molecule has 124 valence electrons. The third-order valence-electron chi connectivity index (χ3n) is 5.17. The van der Waals surface area contributed by atoms with Crippen molar-refractivity contribution in [3.63, 3.8) is 0 Å². The fraction of sp³-hybridized carbons (Fsp3) is 0.938. The quantitative estimate of drug-likeness (QED) is 0.844. The largest absolute Gasteiger partial charge is 0.340 e. The summed E-state index contributed by atoms with van der Waals surface area (Å²) >= 11 is 0. The van der Waals surface area contributed by atoms with Crippen LogP contribution >= 0.6 is 12.4 Å². The van der Waals surface area contributed by atoms with E-state index in [1.165, 1.54) is 32.1 Å². The number of hydrogen-bond acceptors (Lipinski definition) is 3. The van der Waals surface area contributed by atoms with Crippen LogP contribution in [0.3, 0.4) is 0 Å². The Morgan fingerprint density at radius 2 is 1.81 bits per heavy atom. The molecule has 0 aromatic carbocycles. The fourth-order valence-corrected chi connectivity index (χ4v) is 3.52. The van der Waals surface area contributed by atoms with Gasteiger partial charge in [-0.05, 0) is 38.6 Å². The maximum absolute atomic E-state index is 12.2. The molecular formula is C16H32ClN3O. The first-order valence-electron chi connectivity index (χ1n) is 8.39. The molecular weight excluding hydrogens is 286 g/mol. The standard InChI is InChI=1S/C16H31N3O.ClH/c1-3-14-4-6-15(7-5-14)18(2)11-8-16(20)19-12-9-17-10-13-19;/h14-15,17H,3-13H2,1-2H3;1H. The SMILES string of the molecule is CCC1CCC(N(C)CCC(=O)N2CCNCC2)CC1.Cl. The summed E-state index contributed by atoms with van der Waals surface area (Å²) in [4.78, 5) is 16.6. The lowest BCUT2D eigenvalue weighted by Gasteiger charge is -2.35. The lowest BCUT2D eigenvalue weighted by Crippen LogP contribution is -2.47. The Morgan fingerprint density at radius 1 is 1.19 bits per heavy atom. The van der Waals surface area contributed by atoms with Gasteiger partial charge in [-0.15, -0.1) is 12.4 Å². The van der Waals surface area contributed by atoms with E-state index < -0.39 is 0 Å². The van der Waals surface area contributed by atoms with E-state index in [4.69, 9.17) is 0 Å². The van der Waals surface area contributed by atoms with Gasteiger partial charge < -0.3 is 15.1 Å². The van der Waals surface area contributed by atoms with Gasteiger partial charge in [0, 0.05) is 45.2 Å². The van der Waals surface area contributed by atoms with Crippen molar-refractivity contribution in [2.75, 3.05) is 39.8 Å². The van der Waals surface area contributed by atoms with Gasteiger partial charge >= 0.3 is 0 Å². The molecule has 0 atom stereocenters. The van der Waals surface area contributed by atoms with Crippen molar-refractivity contribution in [1.29, 1.82) is 0 Å². The molecule has 21 heavy (non-hydrogen) atoms. The molecule has 1 aliphatic carbocycles. The van der Waals surface area contributed by atoms with Gasteiger partial charge in [0.1, 0.15) is 0 Å². The highest BCUT2D eigenvalue weighted by atomic mass is 35.5. The minimum Gasteiger partial charge on any atom is -0.340 e. The lowest BCUT2D eigenvalue weighted by molar-refractivity contribution is -0.132. The van der Waals surface area contributed by atoms with Gasteiger partial charge in [0.05, 0.1) is 0 Å². The molecule has 4 nitrogen and oxygen atoms in total. The molecule has 2 fully saturated rings. The van der Waals surface area contributed by atoms with Crippen LogP contribution in [0, 0.1) is 5.92 Å². The fourth-order valence-electron chi connectivity index (χ4n) is 3.52. The van der Waals surface area contributed by atoms with Crippen LogP contribution in [0.5, 0.6) is 0 Å². The molecule has 2 rings (SSSR count). The second-order valence-corrected chi connectivity index (χ2v) is 6.44. The number of rotatable bonds is 5. The smallest absolute Gasteiger partial charge is 0.223 e. The predicted octanol–water partition coefficient (Wildman–Crippen LogP) is 2.13. The van der Waals surface area contributed by atoms with Crippen LogP contribution in [0.2, 0.25) is 0 Å². The Kier molecular flexibility index (Phi) is 8.60. The number of nitrogens with zero attached hydrogens (tertiary/aromatic N) is 2. The summed E-state index contributed by atoms with van der Waals surface area (Å²) in [6.07, 6.45) is 7.39. The second kappa shape index (κ2) is 9.65. The number of piperazine rings is 1. The first-order valence-corrected chi connectivity index (χ1v) is 8.39. The molecule has 1 saturated heterocycles. The van der Waals surface area contributed by atoms with Crippen LogP contribution in [-0.4, -0.2) is 61.5 Å². The molecule has 2 aliphatic rings. The molecule has 0 aromatic rings. The number of amides is 1. The van der Waals surface area contributed by atoms with E-state index in [0.717, 1.165) is 38.6 Å². The van der Waals surface area contributed by atoms with Crippen LogP contribution in [0.25, 0.3) is 0 Å². The zero-order valence-electron chi connectivity index (χ0n) is 13.6. The summed E-state index contributed by atoms with van der Waals surface area (Å²) in [6, 6.07) is 0.702. The highest BCUT2D eigenvalue weighted by Gasteiger charge is 2.24. The third-order valence-corrected chi connectivity index (χ3v) is 5.17. The zero-order chi connectivity index (χ0) is 14.4. The van der Waals surface area contributed by atoms with E-state index >= 15 is 0 Å². The Balaban J connectivity index is 0.00000220. The molecule has 1 aliphatic heterocycles. The lowest BCUT2D eigenvalue weighted by atomic mass is 9.84. The molecule has 1 saturated carbocycles. The highest BCUT2D eigenvalue weighted by molar-refractivity contribution is 5.85. The summed E-state index contributed by atoms with van der Waals surface area (Å²) < 4.78 is 0. The molecule has 0 spiro atoms. The van der Waals surface area contributed by atoms with E-state index in [2.05, 4.69) is 24.2 Å². The van der Waals surface area contributed by atoms with Crippen molar-refractivity contribution in [2.45, 2.75) is 51.5 Å². The first-order chi connectivity index (χ1) is 9.70. The van der Waals surface area contributed by atoms with Crippen LogP contribution in [-0.2, 0) is 4.79 Å². The van der Waals surface area contributed by atoms with Gasteiger partial charge in [-0.2, -0.15) is 0 Å². The Hall–Kier alpha value is -0.320. The molecule has 5 heteroatoms. The maximum atomic E-state index is 12.2. The minimum absolute atomic E-state index is 0. The summed E-state index contributed by atoms with van der Waals surface area (Å²) in [7, 11) is 2.20. The van der Waals surface area contributed by atoms with E-state index in [9.17, 15) is 4.79 Å². The molecule has 0 bridgehead atoms. The Bertz CT molecular complexity index is 300. The number of carbonyl (C=O) groups excluding carboxylic acids is 1. The summed E-state index contributed by atoms with van der Waals surface area (Å²) in [5, 5.41) is 3.29. The molecule has 0 aromatic heterocycles. The maximum Gasteiger partial charge on any atom is 0.223 e. The molecule has 0 unspecified atom stereocenters. The zero-order valence-corrected chi connectivity index (χ0v) is 14.5. The topological polar surface area (TPSA) is 35.6 Å². The summed E-state index contributed by atoms with van der Waals surface area (Å²) in [5.41, 5.74) is 0. The predicted molar refractivity (Wildman–Crippen MR) is 90.0 cm³/mol. The van der Waals surface area contributed by atoms with Crippen molar-refractivity contribution in [1.82, 2.24) is 15.1 Å². The van der Waals surface area contributed by atoms with E-state index in [-0.39, 0.29) is 12.4 Å². The average Bonchev–Trinajstić information content (AvgIpc) is 2.53. The van der Waals surface area contributed by atoms with Crippen molar-refractivity contribution < 1.29 is 4.79 Å². The molecule has 1 N–H and O–H groups in total. The van der Waals surface area contributed by atoms with E-state index in [0.29, 0.717) is 18.4 Å². The van der Waals surface area contributed by atoms with E-state index in [1.54, 1.807) is 0 Å². The van der Waals surface area contributed by atoms with Crippen LogP contribution in [0.4, 0.5) is 0 Å². The van der Waals surface area contributed by atoms with Crippen molar-refractivity contribution >= 4 is 18.3 Å². The van der Waals surface area contributed by atoms with Gasteiger partial charge in [0.25, 0.3) is 0 Å². The van der Waals surface area contributed by atoms with E-state index in [1.807, 2.05) is 4.90 Å². The number of nitrogens with one attached hydrogen (secondary N) is 1. The Labute approximate surface area is 136 Å².